The molecule has 0 aromatic carbocycles. The van der Waals surface area contributed by atoms with Crippen LogP contribution in [0, 0.1) is 6.92 Å². The average Bonchev–Trinajstić information content (AvgIpc) is 2.51. The second-order valence-corrected chi connectivity index (χ2v) is 2.70. The highest BCUT2D eigenvalue weighted by atomic mass is 16.4. The zero-order chi connectivity index (χ0) is 9.42. The maximum absolute atomic E-state index is 10.6. The smallest absolute Gasteiger partial charge is 0.354 e. The first-order chi connectivity index (χ1) is 6.18. The third-order valence-electron chi connectivity index (χ3n) is 1.80. The third kappa shape index (κ3) is 1.14. The van der Waals surface area contributed by atoms with Crippen LogP contribution in [0.25, 0.3) is 11.0 Å². The lowest BCUT2D eigenvalue weighted by Crippen LogP contribution is -2.01. The molecule has 0 aliphatic carbocycles. The first-order valence-corrected chi connectivity index (χ1v) is 3.72. The van der Waals surface area contributed by atoms with Crippen molar-refractivity contribution in [1.82, 2.24) is 15.0 Å². The number of carboxylic acid groups (broad SMARTS) is 1. The number of hydrogen-bond donors (Lipinski definition) is 2. The van der Waals surface area contributed by atoms with E-state index in [1.807, 2.05) is 0 Å². The van der Waals surface area contributed by atoms with Gasteiger partial charge in [-0.25, -0.2) is 14.8 Å². The zero-order valence-corrected chi connectivity index (χ0v) is 6.90. The number of nitrogens with zero attached hydrogens (tertiary/aromatic N) is 2. The van der Waals surface area contributed by atoms with Crippen molar-refractivity contribution in [2.24, 2.45) is 0 Å². The Hall–Kier alpha value is -1.91. The molecule has 0 amide bonds. The fraction of sp³-hybridized carbons (Fsp3) is 0.125. The van der Waals surface area contributed by atoms with Gasteiger partial charge in [-0.2, -0.15) is 0 Å². The minimum atomic E-state index is -1.03. The highest BCUT2D eigenvalue weighted by Gasteiger charge is 2.09. The Bertz CT molecular complexity index is 475. The number of hydrogen-bond acceptors (Lipinski definition) is 3. The topological polar surface area (TPSA) is 78.9 Å². The summed E-state index contributed by atoms with van der Waals surface area (Å²) in [6, 6.07) is 1.47. The van der Waals surface area contributed by atoms with E-state index in [0.29, 0.717) is 16.7 Å². The maximum Gasteiger partial charge on any atom is 0.354 e. The van der Waals surface area contributed by atoms with Gasteiger partial charge in [-0.1, -0.05) is 0 Å². The number of nitrogens with one attached hydrogen (secondary N) is 1. The van der Waals surface area contributed by atoms with E-state index in [-0.39, 0.29) is 5.69 Å². The predicted octanol–water partition coefficient (Wildman–Crippen LogP) is 0.965. The number of H-pyrrole nitrogens is 1. The Labute approximate surface area is 73.4 Å². The number of aryl methyl sites for hydroxylation is 1. The molecule has 0 saturated heterocycles. The lowest BCUT2D eigenvalue weighted by Gasteiger charge is -1.96. The molecule has 0 saturated carbocycles. The van der Waals surface area contributed by atoms with Crippen LogP contribution in [0.2, 0.25) is 0 Å². The molecule has 2 N–H and O–H groups in total. The second-order valence-electron chi connectivity index (χ2n) is 2.70. The first-order valence-electron chi connectivity index (χ1n) is 3.72. The van der Waals surface area contributed by atoms with Crippen molar-refractivity contribution in [1.29, 1.82) is 0 Å². The number of fused-ring (bicyclic) bond motifs is 1. The summed E-state index contributed by atoms with van der Waals surface area (Å²) in [6.07, 6.45) is 1.52. The van der Waals surface area contributed by atoms with Gasteiger partial charge in [-0.15, -0.1) is 0 Å². The molecule has 2 aromatic heterocycles. The van der Waals surface area contributed by atoms with Crippen LogP contribution in [-0.2, 0) is 0 Å². The largest absolute Gasteiger partial charge is 0.477 e. The molecule has 0 atom stereocenters. The Kier molecular flexibility index (Phi) is 1.51. The molecule has 13 heavy (non-hydrogen) atoms. The minimum Gasteiger partial charge on any atom is -0.477 e. The van der Waals surface area contributed by atoms with Crippen LogP contribution in [0.4, 0.5) is 0 Å². The van der Waals surface area contributed by atoms with Crippen LogP contribution in [0.1, 0.15) is 16.2 Å². The van der Waals surface area contributed by atoms with Gasteiger partial charge >= 0.3 is 5.97 Å². The number of pyridine rings is 1. The van der Waals surface area contributed by atoms with Crippen LogP contribution in [0.5, 0.6) is 0 Å². The summed E-state index contributed by atoms with van der Waals surface area (Å²) in [7, 11) is 0. The Morgan fingerprint density at radius 1 is 1.62 bits per heavy atom. The van der Waals surface area contributed by atoms with Crippen molar-refractivity contribution in [3.63, 3.8) is 0 Å². The van der Waals surface area contributed by atoms with Crippen molar-refractivity contribution in [2.75, 3.05) is 0 Å². The van der Waals surface area contributed by atoms with Gasteiger partial charge in [0.05, 0.1) is 17.5 Å². The lowest BCUT2D eigenvalue weighted by molar-refractivity contribution is 0.0690. The lowest BCUT2D eigenvalue weighted by atomic mass is 10.2. The van der Waals surface area contributed by atoms with Crippen LogP contribution in [-0.4, -0.2) is 26.0 Å². The normalized spacial score (nSPS) is 10.5. The van der Waals surface area contributed by atoms with E-state index in [1.165, 1.54) is 12.4 Å². The minimum absolute atomic E-state index is 0.0363. The van der Waals surface area contributed by atoms with Gasteiger partial charge < -0.3 is 10.1 Å². The number of carbonyl (C=O) groups is 1. The Morgan fingerprint density at radius 2 is 2.38 bits per heavy atom. The van der Waals surface area contributed by atoms with Crippen LogP contribution in [0.3, 0.4) is 0 Å². The second kappa shape index (κ2) is 2.55. The van der Waals surface area contributed by atoms with Gasteiger partial charge in [0.15, 0.2) is 5.69 Å². The highest BCUT2D eigenvalue weighted by molar-refractivity contribution is 5.90. The van der Waals surface area contributed by atoms with Gasteiger partial charge in [-0.3, -0.25) is 0 Å². The van der Waals surface area contributed by atoms with E-state index < -0.39 is 5.97 Å². The molecule has 5 nitrogen and oxygen atoms in total. The fourth-order valence-electron chi connectivity index (χ4n) is 1.21. The molecule has 5 heteroatoms. The van der Waals surface area contributed by atoms with Crippen molar-refractivity contribution in [3.8, 4) is 0 Å². The molecule has 2 rings (SSSR count). The van der Waals surface area contributed by atoms with Gasteiger partial charge in [-0.05, 0) is 13.0 Å². The Balaban J connectivity index is 2.77. The summed E-state index contributed by atoms with van der Waals surface area (Å²) < 4.78 is 0. The molecule has 2 aromatic rings. The van der Waals surface area contributed by atoms with Crippen molar-refractivity contribution < 1.29 is 9.90 Å². The van der Waals surface area contributed by atoms with Crippen molar-refractivity contribution in [2.45, 2.75) is 6.92 Å². The predicted molar refractivity (Wildman–Crippen MR) is 45.6 cm³/mol. The number of aromatic nitrogens is 3. The monoisotopic (exact) mass is 177 g/mol. The summed E-state index contributed by atoms with van der Waals surface area (Å²) in [4.78, 5) is 21.4. The molecule has 0 aliphatic rings. The van der Waals surface area contributed by atoms with E-state index in [1.54, 1.807) is 6.92 Å². The summed E-state index contributed by atoms with van der Waals surface area (Å²) in [6.45, 7) is 1.73. The molecule has 0 fully saturated rings. The molecule has 0 aliphatic heterocycles. The van der Waals surface area contributed by atoms with Gasteiger partial charge in [0.25, 0.3) is 0 Å². The number of aromatic amines is 1. The van der Waals surface area contributed by atoms with E-state index in [0.717, 1.165) is 0 Å². The quantitative estimate of drug-likeness (QED) is 0.680. The molecule has 0 spiro atoms. The van der Waals surface area contributed by atoms with Gasteiger partial charge in [0.2, 0.25) is 0 Å². The summed E-state index contributed by atoms with van der Waals surface area (Å²) in [5.41, 5.74) is 2.07. The Morgan fingerprint density at radius 3 is 3.08 bits per heavy atom. The van der Waals surface area contributed by atoms with Crippen LogP contribution < -0.4 is 0 Å². The average molecular weight is 177 g/mol. The molecular formula is C8H7N3O2. The maximum atomic E-state index is 10.6. The summed E-state index contributed by atoms with van der Waals surface area (Å²) in [5.74, 6) is -1.03. The molecule has 0 unspecified atom stereocenters. The molecule has 0 bridgehead atoms. The van der Waals surface area contributed by atoms with Crippen molar-refractivity contribution in [3.05, 3.63) is 23.8 Å². The number of rotatable bonds is 1. The molecule has 0 radical (unpaired) electrons. The van der Waals surface area contributed by atoms with Crippen molar-refractivity contribution >= 4 is 17.0 Å². The highest BCUT2D eigenvalue weighted by Crippen LogP contribution is 2.13. The standard InChI is InChI=1S/C8H7N3O2/c1-4-7-5(9-3-10-7)2-6(11-4)8(12)13/h2-3H,1H3,(H,9,10)(H,12,13). The third-order valence-corrected chi connectivity index (χ3v) is 1.80. The van der Waals surface area contributed by atoms with E-state index in [9.17, 15) is 4.79 Å². The molecular weight excluding hydrogens is 170 g/mol. The fourth-order valence-corrected chi connectivity index (χ4v) is 1.21. The first kappa shape index (κ1) is 7.72. The van der Waals surface area contributed by atoms with E-state index >= 15 is 0 Å². The SMILES string of the molecule is Cc1nc(C(=O)O)cc2[nH]cnc12. The van der Waals surface area contributed by atoms with E-state index in [4.69, 9.17) is 5.11 Å². The number of imidazole rings is 1. The molecule has 66 valence electrons. The van der Waals surface area contributed by atoms with Crippen LogP contribution >= 0.6 is 0 Å². The summed E-state index contributed by atoms with van der Waals surface area (Å²) in [5, 5.41) is 8.71. The zero-order valence-electron chi connectivity index (χ0n) is 6.90. The van der Waals surface area contributed by atoms with E-state index in [2.05, 4.69) is 15.0 Å². The summed E-state index contributed by atoms with van der Waals surface area (Å²) >= 11 is 0. The van der Waals surface area contributed by atoms with Gasteiger partial charge in [0.1, 0.15) is 5.52 Å². The van der Waals surface area contributed by atoms with Gasteiger partial charge in [0, 0.05) is 0 Å². The molecule has 2 heterocycles. The van der Waals surface area contributed by atoms with Crippen LogP contribution in [0.15, 0.2) is 12.4 Å². The number of aromatic carboxylic acids is 1. The number of carboxylic acids is 1.